The maximum absolute atomic E-state index is 6.20. The second kappa shape index (κ2) is 4.22. The van der Waals surface area contributed by atoms with Crippen molar-refractivity contribution in [2.45, 2.75) is 13.5 Å². The number of imidazole rings is 1. The zero-order chi connectivity index (χ0) is 12.7. The first-order valence-electron chi connectivity index (χ1n) is 5.31. The molecule has 0 saturated carbocycles. The fourth-order valence-electron chi connectivity index (χ4n) is 1.87. The second-order valence-corrected chi connectivity index (χ2v) is 4.68. The normalized spacial score (nSPS) is 11.2. The quantitative estimate of drug-likeness (QED) is 0.733. The van der Waals surface area contributed by atoms with E-state index in [1.807, 2.05) is 22.8 Å². The number of aromatic nitrogens is 4. The highest BCUT2D eigenvalue weighted by molar-refractivity contribution is 7.71. The summed E-state index contributed by atoms with van der Waals surface area (Å²) in [5.41, 5.74) is 1.75. The highest BCUT2D eigenvalue weighted by atomic mass is 35.5. The Balaban J connectivity index is 2.16. The van der Waals surface area contributed by atoms with Gasteiger partial charge in [0.25, 0.3) is 0 Å². The van der Waals surface area contributed by atoms with Gasteiger partial charge in [0, 0.05) is 6.92 Å². The first-order chi connectivity index (χ1) is 8.65. The van der Waals surface area contributed by atoms with Crippen molar-refractivity contribution >= 4 is 34.9 Å². The Kier molecular flexibility index (Phi) is 2.68. The zero-order valence-electron chi connectivity index (χ0n) is 9.48. The molecule has 0 spiro atoms. The fourth-order valence-corrected chi connectivity index (χ4v) is 2.41. The molecular formula is C11H9ClN4OS. The second-order valence-electron chi connectivity index (χ2n) is 3.88. The predicted molar refractivity (Wildman–Crippen MR) is 70.3 cm³/mol. The predicted octanol–water partition coefficient (Wildman–Crippen LogP) is 3.09. The largest absolute Gasteiger partial charge is 0.340 e. The topological polar surface area (TPSA) is 59.6 Å². The number of para-hydroxylation sites is 1. The molecule has 0 radical (unpaired) electrons. The highest BCUT2D eigenvalue weighted by Crippen LogP contribution is 2.23. The number of H-pyrrole nitrogens is 1. The van der Waals surface area contributed by atoms with Gasteiger partial charge in [0.05, 0.1) is 22.6 Å². The van der Waals surface area contributed by atoms with E-state index in [-0.39, 0.29) is 0 Å². The molecule has 7 heteroatoms. The lowest BCUT2D eigenvalue weighted by molar-refractivity contribution is 0.386. The lowest BCUT2D eigenvalue weighted by atomic mass is 10.3. The molecule has 2 aromatic heterocycles. The molecule has 0 aliphatic carbocycles. The van der Waals surface area contributed by atoms with Gasteiger partial charge in [0.1, 0.15) is 0 Å². The Morgan fingerprint density at radius 2 is 2.33 bits per heavy atom. The van der Waals surface area contributed by atoms with E-state index in [1.165, 1.54) is 0 Å². The average Bonchev–Trinajstić information content (AvgIpc) is 2.85. The van der Waals surface area contributed by atoms with Crippen LogP contribution in [0.2, 0.25) is 5.02 Å². The lowest BCUT2D eigenvalue weighted by Gasteiger charge is -2.01. The lowest BCUT2D eigenvalue weighted by Crippen LogP contribution is -2.01. The Bertz CT molecular complexity index is 773. The SMILES string of the molecule is Cc1nc(Cn2c(=S)[nH]c3cccc(Cl)c32)no1. The Morgan fingerprint density at radius 1 is 1.50 bits per heavy atom. The minimum atomic E-state index is 0.430. The van der Waals surface area contributed by atoms with Crippen LogP contribution in [-0.4, -0.2) is 19.7 Å². The molecule has 0 atom stereocenters. The van der Waals surface area contributed by atoms with Gasteiger partial charge < -0.3 is 14.1 Å². The maximum atomic E-state index is 6.20. The summed E-state index contributed by atoms with van der Waals surface area (Å²) in [6.45, 7) is 2.18. The van der Waals surface area contributed by atoms with Gasteiger partial charge in [0.15, 0.2) is 10.6 Å². The van der Waals surface area contributed by atoms with Crippen LogP contribution in [0.3, 0.4) is 0 Å². The minimum Gasteiger partial charge on any atom is -0.340 e. The van der Waals surface area contributed by atoms with E-state index in [9.17, 15) is 0 Å². The third-order valence-corrected chi connectivity index (χ3v) is 3.24. The van der Waals surface area contributed by atoms with Crippen molar-refractivity contribution in [3.05, 3.63) is 39.7 Å². The molecule has 92 valence electrons. The van der Waals surface area contributed by atoms with Crippen molar-refractivity contribution in [2.24, 2.45) is 0 Å². The number of aryl methyl sites for hydroxylation is 1. The van der Waals surface area contributed by atoms with Crippen molar-refractivity contribution in [1.82, 2.24) is 19.7 Å². The smallest absolute Gasteiger partial charge is 0.223 e. The Hall–Kier alpha value is -1.66. The molecule has 0 aliphatic heterocycles. The first-order valence-corrected chi connectivity index (χ1v) is 6.10. The molecule has 0 aliphatic rings. The molecule has 18 heavy (non-hydrogen) atoms. The van der Waals surface area contributed by atoms with E-state index in [0.29, 0.717) is 28.1 Å². The van der Waals surface area contributed by atoms with Crippen molar-refractivity contribution < 1.29 is 4.52 Å². The maximum Gasteiger partial charge on any atom is 0.223 e. The summed E-state index contributed by atoms with van der Waals surface area (Å²) in [5, 5.41) is 4.50. The van der Waals surface area contributed by atoms with Crippen LogP contribution in [0.25, 0.3) is 11.0 Å². The van der Waals surface area contributed by atoms with Crippen LogP contribution in [0.15, 0.2) is 22.7 Å². The van der Waals surface area contributed by atoms with Crippen molar-refractivity contribution in [3.8, 4) is 0 Å². The third kappa shape index (κ3) is 1.83. The molecule has 0 saturated heterocycles. The summed E-state index contributed by atoms with van der Waals surface area (Å²) < 4.78 is 7.39. The highest BCUT2D eigenvalue weighted by Gasteiger charge is 2.11. The molecule has 0 fully saturated rings. The molecule has 0 bridgehead atoms. The zero-order valence-corrected chi connectivity index (χ0v) is 11.0. The Morgan fingerprint density at radius 3 is 3.06 bits per heavy atom. The van der Waals surface area contributed by atoms with Crippen molar-refractivity contribution in [3.63, 3.8) is 0 Å². The van der Waals surface area contributed by atoms with E-state index in [2.05, 4.69) is 15.1 Å². The molecule has 5 nitrogen and oxygen atoms in total. The number of nitrogens with zero attached hydrogens (tertiary/aromatic N) is 3. The summed E-state index contributed by atoms with van der Waals surface area (Å²) >= 11 is 11.5. The van der Waals surface area contributed by atoms with Crippen LogP contribution in [-0.2, 0) is 6.54 Å². The molecule has 2 heterocycles. The summed E-state index contributed by atoms with van der Waals surface area (Å²) in [6.07, 6.45) is 0. The summed E-state index contributed by atoms with van der Waals surface area (Å²) in [6, 6.07) is 5.62. The van der Waals surface area contributed by atoms with Crippen LogP contribution in [0.4, 0.5) is 0 Å². The van der Waals surface area contributed by atoms with Gasteiger partial charge in [-0.15, -0.1) is 0 Å². The van der Waals surface area contributed by atoms with Gasteiger partial charge in [-0.25, -0.2) is 0 Å². The van der Waals surface area contributed by atoms with Gasteiger partial charge in [-0.3, -0.25) is 0 Å². The third-order valence-electron chi connectivity index (χ3n) is 2.61. The number of halogens is 1. The van der Waals surface area contributed by atoms with Crippen molar-refractivity contribution in [1.29, 1.82) is 0 Å². The van der Waals surface area contributed by atoms with Gasteiger partial charge in [-0.2, -0.15) is 4.98 Å². The number of benzene rings is 1. The number of fused-ring (bicyclic) bond motifs is 1. The molecule has 0 unspecified atom stereocenters. The standard InChI is InChI=1S/C11H9ClN4OS/c1-6-13-9(15-17-6)5-16-10-7(12)3-2-4-8(10)14-11(16)18/h2-4H,5H2,1H3,(H,14,18). The number of hydrogen-bond donors (Lipinski definition) is 1. The number of hydrogen-bond acceptors (Lipinski definition) is 4. The van der Waals surface area contributed by atoms with Crippen LogP contribution in [0.5, 0.6) is 0 Å². The van der Waals surface area contributed by atoms with Gasteiger partial charge >= 0.3 is 0 Å². The number of rotatable bonds is 2. The van der Waals surface area contributed by atoms with Crippen molar-refractivity contribution in [2.75, 3.05) is 0 Å². The van der Waals surface area contributed by atoms with E-state index in [0.717, 1.165) is 11.0 Å². The van der Waals surface area contributed by atoms with E-state index in [1.54, 1.807) is 6.92 Å². The number of aromatic amines is 1. The van der Waals surface area contributed by atoms with Gasteiger partial charge in [-0.05, 0) is 24.4 Å². The molecular weight excluding hydrogens is 272 g/mol. The van der Waals surface area contributed by atoms with Gasteiger partial charge in [-0.1, -0.05) is 22.8 Å². The van der Waals surface area contributed by atoms with Crippen LogP contribution >= 0.6 is 23.8 Å². The summed E-state index contributed by atoms with van der Waals surface area (Å²) in [5.74, 6) is 1.10. The van der Waals surface area contributed by atoms with Crippen LogP contribution in [0, 0.1) is 11.7 Å². The van der Waals surface area contributed by atoms with E-state index < -0.39 is 0 Å². The molecule has 1 aromatic carbocycles. The van der Waals surface area contributed by atoms with Crippen LogP contribution < -0.4 is 0 Å². The van der Waals surface area contributed by atoms with E-state index >= 15 is 0 Å². The minimum absolute atomic E-state index is 0.430. The molecule has 0 amide bonds. The molecule has 3 aromatic rings. The average molecular weight is 281 g/mol. The monoisotopic (exact) mass is 280 g/mol. The summed E-state index contributed by atoms with van der Waals surface area (Å²) in [7, 11) is 0. The van der Waals surface area contributed by atoms with E-state index in [4.69, 9.17) is 28.3 Å². The first kappa shape index (κ1) is 11.4. The Labute approximate surface area is 112 Å². The molecule has 3 rings (SSSR count). The summed E-state index contributed by atoms with van der Waals surface area (Å²) in [4.78, 5) is 7.26. The van der Waals surface area contributed by atoms with Crippen LogP contribution in [0.1, 0.15) is 11.7 Å². The molecule has 1 N–H and O–H groups in total. The number of nitrogens with one attached hydrogen (secondary N) is 1. The fraction of sp³-hybridized carbons (Fsp3) is 0.182. The van der Waals surface area contributed by atoms with Gasteiger partial charge in [0.2, 0.25) is 5.89 Å².